The van der Waals surface area contributed by atoms with E-state index in [9.17, 15) is 4.79 Å². The van der Waals surface area contributed by atoms with E-state index >= 15 is 0 Å². The molecule has 6 heteroatoms. The lowest BCUT2D eigenvalue weighted by atomic mass is 10.1. The summed E-state index contributed by atoms with van der Waals surface area (Å²) >= 11 is 0. The number of hydrogen-bond donors (Lipinski definition) is 1. The Hall–Kier alpha value is -2.34. The molecule has 0 bridgehead atoms. The number of nitrogens with one attached hydrogen (secondary N) is 1. The minimum absolute atomic E-state index is 0.00287. The van der Waals surface area contributed by atoms with Gasteiger partial charge in [-0.15, -0.1) is 0 Å². The summed E-state index contributed by atoms with van der Waals surface area (Å²) in [4.78, 5) is 14.2. The van der Waals surface area contributed by atoms with Crippen LogP contribution in [0.4, 0.5) is 4.79 Å². The SMILES string of the molecule is Cn1cc(CCNC(=O)N2CCO[C@H](CCc3ccccc3)C2)cn1. The van der Waals surface area contributed by atoms with Crippen molar-refractivity contribution in [3.05, 3.63) is 53.9 Å². The monoisotopic (exact) mass is 342 g/mol. The minimum atomic E-state index is -0.00287. The van der Waals surface area contributed by atoms with Crippen LogP contribution >= 0.6 is 0 Å². The lowest BCUT2D eigenvalue weighted by molar-refractivity contribution is -0.0175. The Bertz CT molecular complexity index is 671. The van der Waals surface area contributed by atoms with E-state index in [1.165, 1.54) is 5.56 Å². The second-order valence-corrected chi connectivity index (χ2v) is 6.47. The van der Waals surface area contributed by atoms with Crippen LogP contribution in [-0.4, -0.2) is 53.1 Å². The number of amides is 2. The summed E-state index contributed by atoms with van der Waals surface area (Å²) in [7, 11) is 1.89. The molecule has 0 radical (unpaired) electrons. The maximum absolute atomic E-state index is 12.4. The first-order valence-corrected chi connectivity index (χ1v) is 8.86. The molecule has 2 aromatic rings. The lowest BCUT2D eigenvalue weighted by Crippen LogP contribution is -2.50. The summed E-state index contributed by atoms with van der Waals surface area (Å²) in [5, 5.41) is 7.14. The molecular formula is C19H26N4O2. The van der Waals surface area contributed by atoms with Gasteiger partial charge in [-0.05, 0) is 30.4 Å². The molecule has 0 saturated carbocycles. The van der Waals surface area contributed by atoms with Gasteiger partial charge in [0.15, 0.2) is 0 Å². The van der Waals surface area contributed by atoms with E-state index < -0.39 is 0 Å². The van der Waals surface area contributed by atoms with Gasteiger partial charge >= 0.3 is 6.03 Å². The molecule has 0 unspecified atom stereocenters. The van der Waals surface area contributed by atoms with E-state index in [4.69, 9.17) is 4.74 Å². The Morgan fingerprint density at radius 3 is 2.88 bits per heavy atom. The third-order valence-electron chi connectivity index (χ3n) is 4.47. The molecule has 134 valence electrons. The quantitative estimate of drug-likeness (QED) is 0.874. The number of ether oxygens (including phenoxy) is 1. The number of aryl methyl sites for hydroxylation is 2. The molecule has 3 rings (SSSR count). The van der Waals surface area contributed by atoms with E-state index in [-0.39, 0.29) is 12.1 Å². The number of carbonyl (C=O) groups excluding carboxylic acids is 1. The first-order valence-electron chi connectivity index (χ1n) is 8.86. The van der Waals surface area contributed by atoms with Crippen LogP contribution in [0.25, 0.3) is 0 Å². The number of aromatic nitrogens is 2. The Labute approximate surface area is 148 Å². The summed E-state index contributed by atoms with van der Waals surface area (Å²) in [6.07, 6.45) is 6.62. The zero-order valence-electron chi connectivity index (χ0n) is 14.7. The van der Waals surface area contributed by atoms with Crippen LogP contribution in [-0.2, 0) is 24.6 Å². The maximum Gasteiger partial charge on any atom is 0.317 e. The third kappa shape index (κ3) is 5.32. The fraction of sp³-hybridized carbons (Fsp3) is 0.474. The third-order valence-corrected chi connectivity index (χ3v) is 4.47. The van der Waals surface area contributed by atoms with Gasteiger partial charge in [-0.25, -0.2) is 4.79 Å². The normalized spacial score (nSPS) is 17.5. The fourth-order valence-corrected chi connectivity index (χ4v) is 3.08. The molecule has 1 aliphatic heterocycles. The second kappa shape index (κ2) is 8.67. The second-order valence-electron chi connectivity index (χ2n) is 6.47. The molecule has 1 atom stereocenters. The first kappa shape index (κ1) is 17.5. The lowest BCUT2D eigenvalue weighted by Gasteiger charge is -2.33. The van der Waals surface area contributed by atoms with Crippen LogP contribution in [0.1, 0.15) is 17.5 Å². The molecular weight excluding hydrogens is 316 g/mol. The molecule has 1 N–H and O–H groups in total. The van der Waals surface area contributed by atoms with Crippen LogP contribution in [0, 0.1) is 0 Å². The Balaban J connectivity index is 1.40. The number of hydrogen-bond acceptors (Lipinski definition) is 3. The maximum atomic E-state index is 12.4. The van der Waals surface area contributed by atoms with Gasteiger partial charge in [0.1, 0.15) is 0 Å². The first-order chi connectivity index (χ1) is 12.2. The molecule has 2 amide bonds. The van der Waals surface area contributed by atoms with Gasteiger partial charge in [0, 0.05) is 32.9 Å². The molecule has 1 saturated heterocycles. The summed E-state index contributed by atoms with van der Waals surface area (Å²) in [6, 6.07) is 10.4. The highest BCUT2D eigenvalue weighted by Gasteiger charge is 2.23. The highest BCUT2D eigenvalue weighted by atomic mass is 16.5. The number of nitrogens with zero attached hydrogens (tertiary/aromatic N) is 3. The van der Waals surface area contributed by atoms with Crippen molar-refractivity contribution in [1.29, 1.82) is 0 Å². The summed E-state index contributed by atoms with van der Waals surface area (Å²) < 4.78 is 7.60. The topological polar surface area (TPSA) is 59.4 Å². The van der Waals surface area contributed by atoms with E-state index in [1.807, 2.05) is 30.4 Å². The van der Waals surface area contributed by atoms with Crippen molar-refractivity contribution < 1.29 is 9.53 Å². The van der Waals surface area contributed by atoms with Crippen molar-refractivity contribution in [2.75, 3.05) is 26.2 Å². The van der Waals surface area contributed by atoms with E-state index in [1.54, 1.807) is 4.68 Å². The Morgan fingerprint density at radius 1 is 1.28 bits per heavy atom. The zero-order valence-corrected chi connectivity index (χ0v) is 14.7. The summed E-state index contributed by atoms with van der Waals surface area (Å²) in [5.74, 6) is 0. The van der Waals surface area contributed by atoms with Crippen molar-refractivity contribution >= 4 is 6.03 Å². The van der Waals surface area contributed by atoms with Crippen LogP contribution < -0.4 is 5.32 Å². The van der Waals surface area contributed by atoms with E-state index in [2.05, 4.69) is 34.7 Å². The number of morpholine rings is 1. The van der Waals surface area contributed by atoms with Crippen molar-refractivity contribution in [3.8, 4) is 0 Å². The van der Waals surface area contributed by atoms with Crippen molar-refractivity contribution in [1.82, 2.24) is 20.0 Å². The zero-order chi connectivity index (χ0) is 17.5. The van der Waals surface area contributed by atoms with Crippen LogP contribution in [0.5, 0.6) is 0 Å². The average Bonchev–Trinajstić information content (AvgIpc) is 3.06. The predicted molar refractivity (Wildman–Crippen MR) is 96.4 cm³/mol. The molecule has 1 fully saturated rings. The number of rotatable bonds is 6. The Kier molecular flexibility index (Phi) is 6.06. The number of benzene rings is 1. The van der Waals surface area contributed by atoms with Gasteiger partial charge in [-0.1, -0.05) is 30.3 Å². The molecule has 2 heterocycles. The molecule has 1 aliphatic rings. The minimum Gasteiger partial charge on any atom is -0.375 e. The molecule has 1 aromatic heterocycles. The highest BCUT2D eigenvalue weighted by Crippen LogP contribution is 2.12. The van der Waals surface area contributed by atoms with Crippen LogP contribution in [0.3, 0.4) is 0 Å². The molecule has 1 aromatic carbocycles. The predicted octanol–water partition coefficient (Wildman–Crippen LogP) is 2.01. The van der Waals surface area contributed by atoms with Gasteiger partial charge < -0.3 is 15.0 Å². The van der Waals surface area contributed by atoms with Crippen molar-refractivity contribution in [2.45, 2.75) is 25.4 Å². The smallest absolute Gasteiger partial charge is 0.317 e. The van der Waals surface area contributed by atoms with Gasteiger partial charge in [-0.2, -0.15) is 5.10 Å². The van der Waals surface area contributed by atoms with Gasteiger partial charge in [0.05, 0.1) is 18.9 Å². The summed E-state index contributed by atoms with van der Waals surface area (Å²) in [5.41, 5.74) is 2.44. The largest absolute Gasteiger partial charge is 0.375 e. The molecule has 0 aliphatic carbocycles. The van der Waals surface area contributed by atoms with Crippen LogP contribution in [0.15, 0.2) is 42.7 Å². The summed E-state index contributed by atoms with van der Waals surface area (Å²) in [6.45, 7) is 2.54. The fourth-order valence-electron chi connectivity index (χ4n) is 3.08. The molecule has 25 heavy (non-hydrogen) atoms. The number of carbonyl (C=O) groups is 1. The van der Waals surface area contributed by atoms with E-state index in [0.29, 0.717) is 26.2 Å². The van der Waals surface area contributed by atoms with Gasteiger partial charge in [0.25, 0.3) is 0 Å². The van der Waals surface area contributed by atoms with Crippen molar-refractivity contribution in [2.24, 2.45) is 7.05 Å². The highest BCUT2D eigenvalue weighted by molar-refractivity contribution is 5.74. The Morgan fingerprint density at radius 2 is 2.12 bits per heavy atom. The van der Waals surface area contributed by atoms with E-state index in [0.717, 1.165) is 24.8 Å². The van der Waals surface area contributed by atoms with Gasteiger partial charge in [0.2, 0.25) is 0 Å². The standard InChI is InChI=1S/C19H26N4O2/c1-22-14-17(13-21-22)9-10-20-19(24)23-11-12-25-18(15-23)8-7-16-5-3-2-4-6-16/h2-6,13-14,18H,7-12,15H2,1H3,(H,20,24)/t18-/m1/s1. The molecule has 0 spiro atoms. The van der Waals surface area contributed by atoms with Crippen LogP contribution in [0.2, 0.25) is 0 Å². The molecule has 6 nitrogen and oxygen atoms in total. The van der Waals surface area contributed by atoms with Crippen molar-refractivity contribution in [3.63, 3.8) is 0 Å². The van der Waals surface area contributed by atoms with Gasteiger partial charge in [-0.3, -0.25) is 4.68 Å². The average molecular weight is 342 g/mol. The number of urea groups is 1.